The number of carboxylic acid groups (broad SMARTS) is 1. The van der Waals surface area contributed by atoms with Crippen LogP contribution in [-0.2, 0) is 23.9 Å². The maximum Gasteiger partial charge on any atom is 0.370 e. The molecule has 0 saturated heterocycles. The van der Waals surface area contributed by atoms with Gasteiger partial charge in [0.05, 0.1) is 31.2 Å². The molecule has 1 aliphatic heterocycles. The van der Waals surface area contributed by atoms with Gasteiger partial charge in [-0.3, -0.25) is 14.4 Å². The van der Waals surface area contributed by atoms with E-state index in [1.807, 2.05) is 0 Å². The molecular formula is C15H24N4O9. The molecule has 0 aromatic heterocycles. The summed E-state index contributed by atoms with van der Waals surface area (Å²) in [6.45, 7) is 0.250. The van der Waals surface area contributed by atoms with Crippen LogP contribution < -0.4 is 22.1 Å². The van der Waals surface area contributed by atoms with Gasteiger partial charge in [0.15, 0.2) is 0 Å². The highest BCUT2D eigenvalue weighted by Crippen LogP contribution is 2.23. The zero-order valence-electron chi connectivity index (χ0n) is 14.9. The van der Waals surface area contributed by atoms with Crippen LogP contribution in [0.25, 0.3) is 0 Å². The molecule has 0 spiro atoms. The number of aliphatic hydroxyl groups excluding tert-OH is 3. The standard InChI is InChI=1S/C15H24N4O9/c1-5(21)18-11-7(19-14(25)6(16)2-10(17)23)3-9(15(26)27)28-13(11)12(24)8(22)4-20/h3,6-8,11-13,20,22,24H,2,4,16H2,1H3,(H2,17,23)(H,18,21)(H,19,25)(H,26,27)/t6-,7+,8-,11-,12-,13-/m1/s1. The van der Waals surface area contributed by atoms with Crippen molar-refractivity contribution in [1.29, 1.82) is 0 Å². The first-order valence-electron chi connectivity index (χ1n) is 8.18. The Balaban J connectivity index is 3.23. The fraction of sp³-hybridized carbons (Fsp3) is 0.600. The molecule has 13 heteroatoms. The van der Waals surface area contributed by atoms with Gasteiger partial charge in [-0.2, -0.15) is 0 Å². The van der Waals surface area contributed by atoms with Gasteiger partial charge in [-0.05, 0) is 6.08 Å². The van der Waals surface area contributed by atoms with Crippen LogP contribution in [0, 0.1) is 0 Å². The third kappa shape index (κ3) is 6.16. The van der Waals surface area contributed by atoms with Crippen molar-refractivity contribution in [2.75, 3.05) is 6.61 Å². The topological polar surface area (TPSA) is 235 Å². The number of aliphatic hydroxyl groups is 3. The Kier molecular flexibility index (Phi) is 8.31. The molecule has 10 N–H and O–H groups in total. The summed E-state index contributed by atoms with van der Waals surface area (Å²) >= 11 is 0. The van der Waals surface area contributed by atoms with Crippen LogP contribution in [-0.4, -0.2) is 87.2 Å². The van der Waals surface area contributed by atoms with E-state index in [-0.39, 0.29) is 0 Å². The molecule has 13 nitrogen and oxygen atoms in total. The summed E-state index contributed by atoms with van der Waals surface area (Å²) in [5, 5.41) is 42.9. The average molecular weight is 404 g/mol. The van der Waals surface area contributed by atoms with Gasteiger partial charge in [0.25, 0.3) is 0 Å². The lowest BCUT2D eigenvalue weighted by Gasteiger charge is -2.40. The Morgan fingerprint density at radius 3 is 2.32 bits per heavy atom. The van der Waals surface area contributed by atoms with Crippen molar-refractivity contribution in [3.05, 3.63) is 11.8 Å². The van der Waals surface area contributed by atoms with E-state index in [2.05, 4.69) is 10.6 Å². The van der Waals surface area contributed by atoms with E-state index in [1.165, 1.54) is 0 Å². The van der Waals surface area contributed by atoms with E-state index in [9.17, 15) is 34.5 Å². The first-order valence-corrected chi connectivity index (χ1v) is 8.18. The maximum atomic E-state index is 12.2. The molecular weight excluding hydrogens is 380 g/mol. The maximum absolute atomic E-state index is 12.2. The van der Waals surface area contributed by atoms with Crippen LogP contribution in [0.2, 0.25) is 0 Å². The van der Waals surface area contributed by atoms with Crippen molar-refractivity contribution in [3.8, 4) is 0 Å². The predicted octanol–water partition coefficient (Wildman–Crippen LogP) is -4.74. The predicted molar refractivity (Wildman–Crippen MR) is 91.0 cm³/mol. The number of rotatable bonds is 9. The summed E-state index contributed by atoms with van der Waals surface area (Å²) in [7, 11) is 0. The van der Waals surface area contributed by atoms with E-state index in [0.29, 0.717) is 0 Å². The monoisotopic (exact) mass is 404 g/mol. The summed E-state index contributed by atoms with van der Waals surface area (Å²) in [5.41, 5.74) is 10.5. The Morgan fingerprint density at radius 2 is 1.86 bits per heavy atom. The number of ether oxygens (including phenoxy) is 1. The largest absolute Gasteiger partial charge is 0.478 e. The van der Waals surface area contributed by atoms with E-state index in [0.717, 1.165) is 13.0 Å². The van der Waals surface area contributed by atoms with Gasteiger partial charge in [0.2, 0.25) is 23.5 Å². The van der Waals surface area contributed by atoms with Crippen LogP contribution in [0.1, 0.15) is 13.3 Å². The lowest BCUT2D eigenvalue weighted by Crippen LogP contribution is -2.64. The van der Waals surface area contributed by atoms with Gasteiger partial charge < -0.3 is 47.3 Å². The first-order chi connectivity index (χ1) is 13.0. The summed E-state index contributed by atoms with van der Waals surface area (Å²) < 4.78 is 5.15. The summed E-state index contributed by atoms with van der Waals surface area (Å²) in [6, 6.07) is -3.81. The van der Waals surface area contributed by atoms with Crippen molar-refractivity contribution >= 4 is 23.7 Å². The summed E-state index contributed by atoms with van der Waals surface area (Å²) in [5.74, 6) is -4.55. The molecule has 0 aromatic carbocycles. The molecule has 28 heavy (non-hydrogen) atoms. The molecule has 1 heterocycles. The Bertz CT molecular complexity index is 653. The smallest absolute Gasteiger partial charge is 0.370 e. The van der Waals surface area contributed by atoms with Gasteiger partial charge in [0, 0.05) is 6.92 Å². The molecule has 0 aliphatic carbocycles. The SMILES string of the molecule is CC(=O)N[C@H]1[C@H]([C@H](O)[C@H](O)CO)OC(C(=O)O)=C[C@@H]1NC(=O)[C@H](N)CC(N)=O. The molecule has 3 amide bonds. The molecule has 0 fully saturated rings. The second kappa shape index (κ2) is 9.98. The lowest BCUT2D eigenvalue weighted by molar-refractivity contribution is -0.147. The molecule has 158 valence electrons. The van der Waals surface area contributed by atoms with Gasteiger partial charge in [-0.15, -0.1) is 0 Å². The van der Waals surface area contributed by atoms with E-state index in [4.69, 9.17) is 21.3 Å². The Hall–Kier alpha value is -2.74. The van der Waals surface area contributed by atoms with Crippen molar-refractivity contribution in [1.82, 2.24) is 10.6 Å². The highest BCUT2D eigenvalue weighted by Gasteiger charge is 2.44. The zero-order valence-corrected chi connectivity index (χ0v) is 14.9. The zero-order chi connectivity index (χ0) is 21.6. The van der Waals surface area contributed by atoms with Crippen LogP contribution in [0.4, 0.5) is 0 Å². The third-order valence-electron chi connectivity index (χ3n) is 3.90. The van der Waals surface area contributed by atoms with Crippen molar-refractivity contribution in [3.63, 3.8) is 0 Å². The van der Waals surface area contributed by atoms with Gasteiger partial charge in [-0.25, -0.2) is 4.79 Å². The van der Waals surface area contributed by atoms with Gasteiger partial charge in [-0.1, -0.05) is 0 Å². The molecule has 0 bridgehead atoms. The summed E-state index contributed by atoms with van der Waals surface area (Å²) in [6.07, 6.45) is -4.59. The number of nitrogens with two attached hydrogens (primary N) is 2. The molecule has 0 saturated carbocycles. The number of amides is 3. The van der Waals surface area contributed by atoms with Crippen LogP contribution in [0.5, 0.6) is 0 Å². The number of hydrogen-bond donors (Lipinski definition) is 8. The number of hydrogen-bond acceptors (Lipinski definition) is 9. The Morgan fingerprint density at radius 1 is 1.25 bits per heavy atom. The fourth-order valence-electron chi connectivity index (χ4n) is 2.58. The van der Waals surface area contributed by atoms with E-state index in [1.54, 1.807) is 0 Å². The Labute approximate surface area is 159 Å². The molecule has 0 aromatic rings. The van der Waals surface area contributed by atoms with Crippen molar-refractivity contribution in [2.24, 2.45) is 11.5 Å². The van der Waals surface area contributed by atoms with E-state index >= 15 is 0 Å². The minimum absolute atomic E-state index is 0.482. The minimum atomic E-state index is -1.82. The quantitative estimate of drug-likeness (QED) is 0.183. The van der Waals surface area contributed by atoms with Crippen LogP contribution >= 0.6 is 0 Å². The number of primary amides is 1. The number of nitrogens with one attached hydrogen (secondary N) is 2. The molecule has 0 unspecified atom stereocenters. The molecule has 1 aliphatic rings. The number of carbonyl (C=O) groups is 4. The van der Waals surface area contributed by atoms with E-state index < -0.39 is 78.9 Å². The second-order valence-corrected chi connectivity index (χ2v) is 6.20. The highest BCUT2D eigenvalue weighted by molar-refractivity contribution is 5.88. The third-order valence-corrected chi connectivity index (χ3v) is 3.90. The molecule has 0 radical (unpaired) electrons. The van der Waals surface area contributed by atoms with Crippen molar-refractivity contribution < 1.29 is 44.3 Å². The number of carbonyl (C=O) groups excluding carboxylic acids is 3. The molecule has 1 rings (SSSR count). The normalized spacial score (nSPS) is 24.8. The fourth-order valence-corrected chi connectivity index (χ4v) is 2.58. The van der Waals surface area contributed by atoms with Gasteiger partial charge >= 0.3 is 5.97 Å². The number of aliphatic carboxylic acids is 1. The minimum Gasteiger partial charge on any atom is -0.478 e. The highest BCUT2D eigenvalue weighted by atomic mass is 16.5. The summed E-state index contributed by atoms with van der Waals surface area (Å²) in [4.78, 5) is 46.0. The lowest BCUT2D eigenvalue weighted by atomic mass is 9.91. The first kappa shape index (κ1) is 23.3. The van der Waals surface area contributed by atoms with Gasteiger partial charge in [0.1, 0.15) is 18.3 Å². The number of carboxylic acids is 1. The van der Waals surface area contributed by atoms with Crippen LogP contribution in [0.3, 0.4) is 0 Å². The van der Waals surface area contributed by atoms with Crippen LogP contribution in [0.15, 0.2) is 11.8 Å². The average Bonchev–Trinajstić information content (AvgIpc) is 2.60. The van der Waals surface area contributed by atoms with Crippen molar-refractivity contribution in [2.45, 2.75) is 49.8 Å². The molecule has 6 atom stereocenters. The second-order valence-electron chi connectivity index (χ2n) is 6.20.